The van der Waals surface area contributed by atoms with E-state index in [0.29, 0.717) is 24.2 Å². The van der Waals surface area contributed by atoms with Gasteiger partial charge in [0.25, 0.3) is 0 Å². The second-order valence-corrected chi connectivity index (χ2v) is 5.72. The van der Waals surface area contributed by atoms with Gasteiger partial charge in [0, 0.05) is 30.7 Å². The van der Waals surface area contributed by atoms with Crippen LogP contribution in [0.15, 0.2) is 18.2 Å². The van der Waals surface area contributed by atoms with Crippen LogP contribution in [0.5, 0.6) is 0 Å². The molecule has 2 rings (SSSR count). The van der Waals surface area contributed by atoms with Gasteiger partial charge in [0.1, 0.15) is 5.82 Å². The van der Waals surface area contributed by atoms with Crippen molar-refractivity contribution in [2.75, 3.05) is 13.1 Å². The summed E-state index contributed by atoms with van der Waals surface area (Å²) in [6.07, 6.45) is -3.53. The number of nitrogens with one attached hydrogen (secondary N) is 1. The largest absolute Gasteiger partial charge is 0.416 e. The van der Waals surface area contributed by atoms with Gasteiger partial charge in [-0.3, -0.25) is 4.90 Å². The van der Waals surface area contributed by atoms with E-state index in [1.165, 1.54) is 6.07 Å². The average molecular weight is 304 g/mol. The topological polar surface area (TPSA) is 15.3 Å². The van der Waals surface area contributed by atoms with E-state index in [0.717, 1.165) is 25.6 Å². The molecule has 1 heterocycles. The first kappa shape index (κ1) is 16.2. The summed E-state index contributed by atoms with van der Waals surface area (Å²) < 4.78 is 51.6. The Morgan fingerprint density at radius 3 is 2.52 bits per heavy atom. The van der Waals surface area contributed by atoms with Gasteiger partial charge in [-0.25, -0.2) is 4.39 Å². The monoisotopic (exact) mass is 304 g/mol. The fourth-order valence-corrected chi connectivity index (χ4v) is 2.70. The zero-order chi connectivity index (χ0) is 15.6. The van der Waals surface area contributed by atoms with Gasteiger partial charge >= 0.3 is 6.18 Å². The van der Waals surface area contributed by atoms with E-state index in [2.05, 4.69) is 10.2 Å². The maximum Gasteiger partial charge on any atom is 0.416 e. The molecule has 1 saturated heterocycles. The summed E-state index contributed by atoms with van der Waals surface area (Å²) in [5.41, 5.74) is -0.633. The van der Waals surface area contributed by atoms with Crippen LogP contribution in [0.2, 0.25) is 0 Å². The Kier molecular flexibility index (Phi) is 4.88. The lowest BCUT2D eigenvalue weighted by Gasteiger charge is -2.32. The number of nitrogens with zero attached hydrogens (tertiary/aromatic N) is 1. The highest BCUT2D eigenvalue weighted by molar-refractivity contribution is 5.26. The first-order chi connectivity index (χ1) is 9.79. The van der Waals surface area contributed by atoms with Crippen molar-refractivity contribution in [2.24, 2.45) is 0 Å². The molecule has 1 aromatic carbocycles. The van der Waals surface area contributed by atoms with E-state index >= 15 is 0 Å². The molecule has 21 heavy (non-hydrogen) atoms. The molecule has 0 radical (unpaired) electrons. The zero-order valence-corrected chi connectivity index (χ0v) is 12.2. The van der Waals surface area contributed by atoms with Crippen molar-refractivity contribution in [3.8, 4) is 0 Å². The Labute approximate surface area is 122 Å². The minimum atomic E-state index is -4.51. The number of rotatable bonds is 4. The lowest BCUT2D eigenvalue weighted by Crippen LogP contribution is -2.41. The Morgan fingerprint density at radius 1 is 1.33 bits per heavy atom. The second-order valence-electron chi connectivity index (χ2n) is 5.72. The minimum Gasteiger partial charge on any atom is -0.315 e. The van der Waals surface area contributed by atoms with Crippen LogP contribution in [-0.2, 0) is 12.7 Å². The molecule has 1 unspecified atom stereocenters. The molecule has 1 atom stereocenters. The summed E-state index contributed by atoms with van der Waals surface area (Å²) in [7, 11) is 0. The van der Waals surface area contributed by atoms with Crippen molar-refractivity contribution >= 4 is 0 Å². The van der Waals surface area contributed by atoms with Gasteiger partial charge < -0.3 is 5.32 Å². The molecule has 0 aromatic heterocycles. The first-order valence-corrected chi connectivity index (χ1v) is 7.11. The third-order valence-corrected chi connectivity index (χ3v) is 3.90. The highest BCUT2D eigenvalue weighted by Gasteiger charge is 2.32. The maximum atomic E-state index is 13.9. The van der Waals surface area contributed by atoms with Crippen molar-refractivity contribution in [1.82, 2.24) is 10.2 Å². The standard InChI is InChI=1S/C15H20F4N2/c1-10(2)21(13-5-6-20-8-13)9-11-3-4-12(7-14(11)16)15(17,18)19/h3-4,7,10,13,20H,5-6,8-9H2,1-2H3. The van der Waals surface area contributed by atoms with Crippen molar-refractivity contribution in [2.45, 2.75) is 45.1 Å². The molecule has 1 aromatic rings. The summed E-state index contributed by atoms with van der Waals surface area (Å²) in [6.45, 7) is 6.11. The van der Waals surface area contributed by atoms with Crippen LogP contribution in [0.1, 0.15) is 31.4 Å². The van der Waals surface area contributed by atoms with Crippen LogP contribution in [0.3, 0.4) is 0 Å². The van der Waals surface area contributed by atoms with E-state index in [9.17, 15) is 17.6 Å². The smallest absolute Gasteiger partial charge is 0.315 e. The summed E-state index contributed by atoms with van der Waals surface area (Å²) >= 11 is 0. The fourth-order valence-electron chi connectivity index (χ4n) is 2.70. The van der Waals surface area contributed by atoms with Crippen molar-refractivity contribution in [3.63, 3.8) is 0 Å². The van der Waals surface area contributed by atoms with Crippen LogP contribution < -0.4 is 5.32 Å². The van der Waals surface area contributed by atoms with Crippen molar-refractivity contribution in [1.29, 1.82) is 0 Å². The summed E-state index contributed by atoms with van der Waals surface area (Å²) in [6, 6.07) is 3.28. The van der Waals surface area contributed by atoms with Crippen molar-refractivity contribution < 1.29 is 17.6 Å². The Hall–Kier alpha value is -1.14. The predicted octanol–water partition coefficient (Wildman–Crippen LogP) is 3.42. The summed E-state index contributed by atoms with van der Waals surface area (Å²) in [5, 5.41) is 3.25. The SMILES string of the molecule is CC(C)N(Cc1ccc(C(F)(F)F)cc1F)C1CCNC1. The van der Waals surface area contributed by atoms with Crippen LogP contribution in [0, 0.1) is 5.82 Å². The molecule has 0 bridgehead atoms. The summed E-state index contributed by atoms with van der Waals surface area (Å²) in [5.74, 6) is -0.790. The third kappa shape index (κ3) is 3.95. The normalized spacial score (nSPS) is 19.7. The van der Waals surface area contributed by atoms with Gasteiger partial charge in [-0.2, -0.15) is 13.2 Å². The van der Waals surface area contributed by atoms with Crippen LogP contribution in [0.4, 0.5) is 17.6 Å². The number of halogens is 4. The maximum absolute atomic E-state index is 13.9. The molecule has 118 valence electrons. The second kappa shape index (κ2) is 6.32. The molecule has 0 spiro atoms. The third-order valence-electron chi connectivity index (χ3n) is 3.90. The molecule has 1 aliphatic heterocycles. The zero-order valence-electron chi connectivity index (χ0n) is 12.2. The number of alkyl halides is 3. The summed E-state index contributed by atoms with van der Waals surface area (Å²) in [4.78, 5) is 2.13. The lowest BCUT2D eigenvalue weighted by atomic mass is 10.1. The fraction of sp³-hybridized carbons (Fsp3) is 0.600. The quantitative estimate of drug-likeness (QED) is 0.858. The van der Waals surface area contributed by atoms with Gasteiger partial charge in [-0.1, -0.05) is 6.07 Å². The Balaban J connectivity index is 2.17. The molecule has 1 N–H and O–H groups in total. The number of hydrogen-bond donors (Lipinski definition) is 1. The highest BCUT2D eigenvalue weighted by Crippen LogP contribution is 2.30. The molecular weight excluding hydrogens is 284 g/mol. The highest BCUT2D eigenvalue weighted by atomic mass is 19.4. The number of hydrogen-bond acceptors (Lipinski definition) is 2. The predicted molar refractivity (Wildman–Crippen MR) is 73.4 cm³/mol. The minimum absolute atomic E-state index is 0.205. The molecule has 0 aliphatic carbocycles. The van der Waals surface area contributed by atoms with Gasteiger partial charge in [0.15, 0.2) is 0 Å². The van der Waals surface area contributed by atoms with Crippen LogP contribution in [-0.4, -0.2) is 30.1 Å². The molecule has 0 saturated carbocycles. The van der Waals surface area contributed by atoms with Gasteiger partial charge in [-0.15, -0.1) is 0 Å². The van der Waals surface area contributed by atoms with Crippen molar-refractivity contribution in [3.05, 3.63) is 35.1 Å². The lowest BCUT2D eigenvalue weighted by molar-refractivity contribution is -0.137. The molecule has 0 amide bonds. The molecule has 1 aliphatic rings. The van der Waals surface area contributed by atoms with Crippen LogP contribution in [0.25, 0.3) is 0 Å². The Morgan fingerprint density at radius 2 is 2.05 bits per heavy atom. The van der Waals surface area contributed by atoms with Crippen LogP contribution >= 0.6 is 0 Å². The van der Waals surface area contributed by atoms with E-state index in [4.69, 9.17) is 0 Å². The average Bonchev–Trinajstić information content (AvgIpc) is 2.89. The molecule has 2 nitrogen and oxygen atoms in total. The van der Waals surface area contributed by atoms with Gasteiger partial charge in [0.2, 0.25) is 0 Å². The number of benzene rings is 1. The van der Waals surface area contributed by atoms with Gasteiger partial charge in [-0.05, 0) is 38.9 Å². The molecular formula is C15H20F4N2. The molecule has 6 heteroatoms. The van der Waals surface area contributed by atoms with E-state index in [-0.39, 0.29) is 6.04 Å². The Bertz CT molecular complexity index is 479. The van der Waals surface area contributed by atoms with E-state index in [1.54, 1.807) is 0 Å². The molecule has 1 fully saturated rings. The first-order valence-electron chi connectivity index (χ1n) is 7.11. The van der Waals surface area contributed by atoms with Gasteiger partial charge in [0.05, 0.1) is 5.56 Å². The van der Waals surface area contributed by atoms with E-state index in [1.807, 2.05) is 13.8 Å². The van der Waals surface area contributed by atoms with E-state index < -0.39 is 17.6 Å².